The zero-order valence-electron chi connectivity index (χ0n) is 34.3. The Morgan fingerprint density at radius 1 is 0.145 bits per heavy atom. The van der Waals surface area contributed by atoms with Crippen molar-refractivity contribution in [3.05, 3.63) is 267 Å². The van der Waals surface area contributed by atoms with Gasteiger partial charge in [-0.1, -0.05) is 194 Å². The fourth-order valence-corrected chi connectivity index (χ4v) is 8.30. The van der Waals surface area contributed by atoms with Crippen LogP contribution in [-0.4, -0.2) is 0 Å². The van der Waals surface area contributed by atoms with E-state index in [2.05, 4.69) is 277 Å². The maximum atomic E-state index is 2.37. The van der Waals surface area contributed by atoms with E-state index in [0.29, 0.717) is 0 Å². The van der Waals surface area contributed by atoms with Gasteiger partial charge < -0.3 is 9.80 Å². The predicted molar refractivity (Wildman–Crippen MR) is 263 cm³/mol. The van der Waals surface area contributed by atoms with Gasteiger partial charge in [-0.2, -0.15) is 0 Å². The van der Waals surface area contributed by atoms with Crippen LogP contribution < -0.4 is 9.80 Å². The Bertz CT molecular complexity index is 2850. The van der Waals surface area contributed by atoms with Gasteiger partial charge in [0, 0.05) is 34.1 Å². The fraction of sp³-hybridized carbons (Fsp3) is 0. The summed E-state index contributed by atoms with van der Waals surface area (Å²) in [5.41, 5.74) is 18.4. The van der Waals surface area contributed by atoms with Gasteiger partial charge in [-0.25, -0.2) is 0 Å². The number of hydrogen-bond donors (Lipinski definition) is 0. The van der Waals surface area contributed by atoms with E-state index in [1.807, 2.05) is 0 Å². The molecular formula is C60H44N2. The standard InChI is InChI=1S/C60H44N2/c1-5-16-45(17-6-1)49-30-36-55(37-31-49)61(56-38-32-50(33-39-56)46-18-7-2-8-19-46)57-40-34-51(35-41-57)54-26-15-29-60(44-54)62(58-27-13-24-52(42-58)47-20-9-3-10-21-47)59-28-14-25-53(43-59)48-22-11-4-12-23-48/h1-44H. The summed E-state index contributed by atoms with van der Waals surface area (Å²) in [6.07, 6.45) is 0. The molecule has 2 nitrogen and oxygen atoms in total. The summed E-state index contributed by atoms with van der Waals surface area (Å²) in [7, 11) is 0. The third-order valence-corrected chi connectivity index (χ3v) is 11.5. The molecule has 62 heavy (non-hydrogen) atoms. The van der Waals surface area contributed by atoms with Crippen molar-refractivity contribution in [2.45, 2.75) is 0 Å². The zero-order chi connectivity index (χ0) is 41.5. The second kappa shape index (κ2) is 17.6. The van der Waals surface area contributed by atoms with Crippen LogP contribution >= 0.6 is 0 Å². The highest BCUT2D eigenvalue weighted by atomic mass is 15.1. The first kappa shape index (κ1) is 38.0. The number of hydrogen-bond acceptors (Lipinski definition) is 2. The number of benzene rings is 10. The van der Waals surface area contributed by atoms with Crippen LogP contribution in [0.15, 0.2) is 267 Å². The third kappa shape index (κ3) is 8.18. The predicted octanol–water partition coefficient (Wildman–Crippen LogP) is 17.0. The second-order valence-electron chi connectivity index (χ2n) is 15.4. The van der Waals surface area contributed by atoms with Crippen LogP contribution in [0.4, 0.5) is 34.1 Å². The van der Waals surface area contributed by atoms with E-state index in [-0.39, 0.29) is 0 Å². The highest BCUT2D eigenvalue weighted by molar-refractivity contribution is 5.85. The molecule has 0 saturated heterocycles. The molecule has 0 aliphatic heterocycles. The van der Waals surface area contributed by atoms with Crippen molar-refractivity contribution in [2.24, 2.45) is 0 Å². The summed E-state index contributed by atoms with van der Waals surface area (Å²) < 4.78 is 0. The molecule has 0 N–H and O–H groups in total. The molecular weight excluding hydrogens is 749 g/mol. The van der Waals surface area contributed by atoms with Gasteiger partial charge in [-0.05, 0) is 128 Å². The molecule has 2 heteroatoms. The van der Waals surface area contributed by atoms with Crippen molar-refractivity contribution in [2.75, 3.05) is 9.80 Å². The van der Waals surface area contributed by atoms with Gasteiger partial charge in [0.1, 0.15) is 0 Å². The molecule has 10 aromatic carbocycles. The van der Waals surface area contributed by atoms with E-state index >= 15 is 0 Å². The largest absolute Gasteiger partial charge is 0.311 e. The summed E-state index contributed by atoms with van der Waals surface area (Å²) >= 11 is 0. The molecule has 0 fully saturated rings. The van der Waals surface area contributed by atoms with Gasteiger partial charge in [0.25, 0.3) is 0 Å². The minimum atomic E-state index is 1.08. The Morgan fingerprint density at radius 2 is 0.355 bits per heavy atom. The van der Waals surface area contributed by atoms with Crippen LogP contribution in [0, 0.1) is 0 Å². The minimum absolute atomic E-state index is 1.08. The monoisotopic (exact) mass is 792 g/mol. The smallest absolute Gasteiger partial charge is 0.0467 e. The van der Waals surface area contributed by atoms with E-state index in [9.17, 15) is 0 Å². The molecule has 0 aliphatic carbocycles. The molecule has 0 amide bonds. The molecule has 0 radical (unpaired) electrons. The molecule has 10 rings (SSSR count). The van der Waals surface area contributed by atoms with Gasteiger partial charge in [0.05, 0.1) is 0 Å². The quantitative estimate of drug-likeness (QED) is 0.129. The average Bonchev–Trinajstić information content (AvgIpc) is 3.36. The third-order valence-electron chi connectivity index (χ3n) is 11.5. The molecule has 0 saturated carbocycles. The Hall–Kier alpha value is -8.20. The number of nitrogens with zero attached hydrogens (tertiary/aromatic N) is 2. The molecule has 294 valence electrons. The lowest BCUT2D eigenvalue weighted by Crippen LogP contribution is -2.10. The first-order valence-electron chi connectivity index (χ1n) is 21.2. The Morgan fingerprint density at radius 3 is 0.645 bits per heavy atom. The van der Waals surface area contributed by atoms with Crippen LogP contribution in [0.25, 0.3) is 55.6 Å². The maximum Gasteiger partial charge on any atom is 0.0467 e. The summed E-state index contributed by atoms with van der Waals surface area (Å²) in [5.74, 6) is 0. The highest BCUT2D eigenvalue weighted by Crippen LogP contribution is 2.41. The summed E-state index contributed by atoms with van der Waals surface area (Å²) in [4.78, 5) is 4.71. The highest BCUT2D eigenvalue weighted by Gasteiger charge is 2.17. The summed E-state index contributed by atoms with van der Waals surface area (Å²) in [5, 5.41) is 0. The van der Waals surface area contributed by atoms with Gasteiger partial charge in [0.2, 0.25) is 0 Å². The zero-order valence-corrected chi connectivity index (χ0v) is 34.3. The lowest BCUT2D eigenvalue weighted by Gasteiger charge is -2.27. The number of rotatable bonds is 11. The topological polar surface area (TPSA) is 6.48 Å². The summed E-state index contributed by atoms with van der Waals surface area (Å²) in [6.45, 7) is 0. The van der Waals surface area contributed by atoms with Crippen LogP contribution in [0.5, 0.6) is 0 Å². The van der Waals surface area contributed by atoms with Crippen LogP contribution in [-0.2, 0) is 0 Å². The molecule has 0 aromatic heterocycles. The van der Waals surface area contributed by atoms with Gasteiger partial charge >= 0.3 is 0 Å². The molecule has 0 heterocycles. The van der Waals surface area contributed by atoms with Crippen molar-refractivity contribution in [3.63, 3.8) is 0 Å². The van der Waals surface area contributed by atoms with E-state index in [0.717, 1.165) is 45.3 Å². The fourth-order valence-electron chi connectivity index (χ4n) is 8.30. The normalized spacial score (nSPS) is 10.9. The van der Waals surface area contributed by atoms with Crippen molar-refractivity contribution in [1.82, 2.24) is 0 Å². The molecule has 0 aliphatic rings. The van der Waals surface area contributed by atoms with Crippen LogP contribution in [0.3, 0.4) is 0 Å². The van der Waals surface area contributed by atoms with Crippen LogP contribution in [0.2, 0.25) is 0 Å². The SMILES string of the molecule is c1ccc(-c2ccc(N(c3ccc(-c4ccccc4)cc3)c3ccc(-c4cccc(N(c5cccc(-c6ccccc6)c5)c5cccc(-c6ccccc6)c5)c4)cc3)cc2)cc1. The average molecular weight is 793 g/mol. The van der Waals surface area contributed by atoms with Crippen molar-refractivity contribution in [3.8, 4) is 55.6 Å². The molecule has 0 atom stereocenters. The second-order valence-corrected chi connectivity index (χ2v) is 15.4. The summed E-state index contributed by atoms with van der Waals surface area (Å²) in [6, 6.07) is 95.6. The number of anilines is 6. The first-order chi connectivity index (χ1) is 30.7. The van der Waals surface area contributed by atoms with Gasteiger partial charge in [0.15, 0.2) is 0 Å². The van der Waals surface area contributed by atoms with Crippen molar-refractivity contribution < 1.29 is 0 Å². The van der Waals surface area contributed by atoms with E-state index < -0.39 is 0 Å². The van der Waals surface area contributed by atoms with Gasteiger partial charge in [-0.15, -0.1) is 0 Å². The molecule has 10 aromatic rings. The first-order valence-corrected chi connectivity index (χ1v) is 21.2. The maximum absolute atomic E-state index is 2.37. The van der Waals surface area contributed by atoms with E-state index in [1.54, 1.807) is 0 Å². The molecule has 0 spiro atoms. The van der Waals surface area contributed by atoms with Gasteiger partial charge in [-0.3, -0.25) is 0 Å². The van der Waals surface area contributed by atoms with E-state index in [4.69, 9.17) is 0 Å². The molecule has 0 unspecified atom stereocenters. The molecule has 0 bridgehead atoms. The van der Waals surface area contributed by atoms with E-state index in [1.165, 1.54) is 44.5 Å². The lowest BCUT2D eigenvalue weighted by molar-refractivity contribution is 1.28. The Balaban J connectivity index is 1.02. The van der Waals surface area contributed by atoms with Crippen LogP contribution in [0.1, 0.15) is 0 Å². The Labute approximate surface area is 364 Å². The van der Waals surface area contributed by atoms with Crippen molar-refractivity contribution >= 4 is 34.1 Å². The van der Waals surface area contributed by atoms with Crippen molar-refractivity contribution in [1.29, 1.82) is 0 Å². The minimum Gasteiger partial charge on any atom is -0.311 e. The Kier molecular flexibility index (Phi) is 10.8. The lowest BCUT2D eigenvalue weighted by atomic mass is 10.0.